The summed E-state index contributed by atoms with van der Waals surface area (Å²) < 4.78 is 5.55. The molecule has 3 heteroatoms. The Labute approximate surface area is 100 Å². The maximum Gasteiger partial charge on any atom is 0.133 e. The second-order valence-electron chi connectivity index (χ2n) is 3.95. The van der Waals surface area contributed by atoms with Gasteiger partial charge >= 0.3 is 0 Å². The van der Waals surface area contributed by atoms with E-state index in [4.69, 9.17) is 9.84 Å². The molecule has 0 fully saturated rings. The lowest BCUT2D eigenvalue weighted by atomic mass is 10.0. The van der Waals surface area contributed by atoms with Gasteiger partial charge in [-0.15, -0.1) is 0 Å². The van der Waals surface area contributed by atoms with Crippen LogP contribution < -0.4 is 4.74 Å². The van der Waals surface area contributed by atoms with Crippen LogP contribution in [-0.2, 0) is 0 Å². The lowest BCUT2D eigenvalue weighted by molar-refractivity contribution is 0.178. The third-order valence-electron chi connectivity index (χ3n) is 2.70. The highest BCUT2D eigenvalue weighted by Crippen LogP contribution is 2.33. The molecule has 0 unspecified atom stereocenters. The molecule has 17 heavy (non-hydrogen) atoms. The highest BCUT2D eigenvalue weighted by molar-refractivity contribution is 5.89. The Kier molecular flexibility index (Phi) is 3.61. The molecule has 0 saturated carbocycles. The predicted octanol–water partition coefficient (Wildman–Crippen LogP) is 2.26. The second-order valence-corrected chi connectivity index (χ2v) is 3.95. The normalized spacial score (nSPS) is 12.6. The van der Waals surface area contributed by atoms with Crippen molar-refractivity contribution in [2.45, 2.75) is 13.0 Å². The summed E-state index contributed by atoms with van der Waals surface area (Å²) in [5.41, 5.74) is 0.747. The molecule has 0 aliphatic carbocycles. The van der Waals surface area contributed by atoms with Gasteiger partial charge in [-0.25, -0.2) is 0 Å². The Morgan fingerprint density at radius 2 is 1.94 bits per heavy atom. The van der Waals surface area contributed by atoms with Crippen LogP contribution in [0.5, 0.6) is 5.75 Å². The van der Waals surface area contributed by atoms with E-state index in [2.05, 4.69) is 0 Å². The van der Waals surface area contributed by atoms with Crippen LogP contribution >= 0.6 is 0 Å². The van der Waals surface area contributed by atoms with E-state index in [0.717, 1.165) is 16.3 Å². The molecular weight excluding hydrogens is 216 g/mol. The molecule has 0 saturated heterocycles. The van der Waals surface area contributed by atoms with Gasteiger partial charge in [0.15, 0.2) is 0 Å². The summed E-state index contributed by atoms with van der Waals surface area (Å²) in [6.45, 7) is 1.89. The van der Waals surface area contributed by atoms with Crippen molar-refractivity contribution in [2.24, 2.45) is 0 Å². The zero-order chi connectivity index (χ0) is 12.3. The van der Waals surface area contributed by atoms with Gasteiger partial charge in [-0.1, -0.05) is 36.4 Å². The van der Waals surface area contributed by atoms with E-state index in [0.29, 0.717) is 5.75 Å². The van der Waals surface area contributed by atoms with Gasteiger partial charge in [-0.2, -0.15) is 0 Å². The van der Waals surface area contributed by atoms with E-state index in [1.165, 1.54) is 0 Å². The first-order valence-corrected chi connectivity index (χ1v) is 5.67. The summed E-state index contributed by atoms with van der Waals surface area (Å²) in [5.74, 6) is 0.659. The zero-order valence-corrected chi connectivity index (χ0v) is 9.76. The average molecular weight is 232 g/mol. The average Bonchev–Trinajstić information content (AvgIpc) is 2.35. The molecule has 0 aliphatic heterocycles. The number of fused-ring (bicyclic) bond motifs is 1. The summed E-state index contributed by atoms with van der Waals surface area (Å²) in [5, 5.41) is 20.6. The van der Waals surface area contributed by atoms with Gasteiger partial charge in [0.1, 0.15) is 12.4 Å². The monoisotopic (exact) mass is 232 g/mol. The number of rotatable bonds is 4. The molecule has 0 amide bonds. The molecule has 2 N–H and O–H groups in total. The summed E-state index contributed by atoms with van der Waals surface area (Å²) in [6, 6.07) is 11.7. The van der Waals surface area contributed by atoms with E-state index in [-0.39, 0.29) is 13.2 Å². The second kappa shape index (κ2) is 5.17. The predicted molar refractivity (Wildman–Crippen MR) is 67.2 cm³/mol. The topological polar surface area (TPSA) is 49.7 Å². The first kappa shape index (κ1) is 11.9. The molecule has 90 valence electrons. The molecule has 0 aliphatic rings. The van der Waals surface area contributed by atoms with Crippen LogP contribution in [0.4, 0.5) is 0 Å². The molecule has 1 atom stereocenters. The molecule has 0 bridgehead atoms. The summed E-state index contributed by atoms with van der Waals surface area (Å²) in [7, 11) is 0. The SMILES string of the molecule is C[C@@H](O)c1ccc2ccccc2c1OCCO. The fourth-order valence-corrected chi connectivity index (χ4v) is 1.90. The molecule has 0 heterocycles. The van der Waals surface area contributed by atoms with Crippen LogP contribution in [0.3, 0.4) is 0 Å². The van der Waals surface area contributed by atoms with Crippen LogP contribution in [0.2, 0.25) is 0 Å². The maximum atomic E-state index is 9.72. The van der Waals surface area contributed by atoms with Crippen molar-refractivity contribution in [3.8, 4) is 5.75 Å². The number of hydrogen-bond donors (Lipinski definition) is 2. The number of benzene rings is 2. The first-order valence-electron chi connectivity index (χ1n) is 5.67. The summed E-state index contributed by atoms with van der Waals surface area (Å²) >= 11 is 0. The van der Waals surface area contributed by atoms with Crippen LogP contribution in [0.15, 0.2) is 36.4 Å². The standard InChI is InChI=1S/C14H16O3/c1-10(16)12-7-6-11-4-2-3-5-13(11)14(12)17-9-8-15/h2-7,10,15-16H,8-9H2,1H3/t10-/m1/s1. The van der Waals surface area contributed by atoms with E-state index in [1.807, 2.05) is 36.4 Å². The fraction of sp³-hybridized carbons (Fsp3) is 0.286. The third kappa shape index (κ3) is 2.40. The molecule has 0 aromatic heterocycles. The molecule has 2 aromatic rings. The number of aliphatic hydroxyl groups excluding tert-OH is 2. The minimum Gasteiger partial charge on any atom is -0.490 e. The van der Waals surface area contributed by atoms with Crippen LogP contribution in [-0.4, -0.2) is 23.4 Å². The van der Waals surface area contributed by atoms with Crippen molar-refractivity contribution >= 4 is 10.8 Å². The highest BCUT2D eigenvalue weighted by Gasteiger charge is 2.12. The molecule has 3 nitrogen and oxygen atoms in total. The molecular formula is C14H16O3. The molecule has 2 rings (SSSR count). The van der Waals surface area contributed by atoms with Gasteiger partial charge in [0.2, 0.25) is 0 Å². The molecule has 0 spiro atoms. The number of ether oxygens (including phenoxy) is 1. The molecule has 2 aromatic carbocycles. The molecule has 0 radical (unpaired) electrons. The lowest BCUT2D eigenvalue weighted by Crippen LogP contribution is -2.05. The zero-order valence-electron chi connectivity index (χ0n) is 9.76. The lowest BCUT2D eigenvalue weighted by Gasteiger charge is -2.15. The number of aliphatic hydroxyl groups is 2. The van der Waals surface area contributed by atoms with Crippen molar-refractivity contribution in [1.82, 2.24) is 0 Å². The van der Waals surface area contributed by atoms with E-state index in [1.54, 1.807) is 6.92 Å². The smallest absolute Gasteiger partial charge is 0.133 e. The largest absolute Gasteiger partial charge is 0.490 e. The third-order valence-corrected chi connectivity index (χ3v) is 2.70. The Balaban J connectivity index is 2.57. The van der Waals surface area contributed by atoms with E-state index < -0.39 is 6.10 Å². The van der Waals surface area contributed by atoms with Gasteiger partial charge in [0.05, 0.1) is 12.7 Å². The Hall–Kier alpha value is -1.58. The van der Waals surface area contributed by atoms with Gasteiger partial charge in [0.25, 0.3) is 0 Å². The Bertz CT molecular complexity index is 506. The number of hydrogen-bond acceptors (Lipinski definition) is 3. The van der Waals surface area contributed by atoms with Gasteiger partial charge in [0, 0.05) is 10.9 Å². The first-order chi connectivity index (χ1) is 8.24. The van der Waals surface area contributed by atoms with Crippen LogP contribution in [0.1, 0.15) is 18.6 Å². The van der Waals surface area contributed by atoms with Crippen LogP contribution in [0, 0.1) is 0 Å². The van der Waals surface area contributed by atoms with Crippen molar-refractivity contribution in [3.05, 3.63) is 42.0 Å². The van der Waals surface area contributed by atoms with Crippen molar-refractivity contribution in [2.75, 3.05) is 13.2 Å². The summed E-state index contributed by atoms with van der Waals surface area (Å²) in [4.78, 5) is 0. The van der Waals surface area contributed by atoms with E-state index >= 15 is 0 Å². The Morgan fingerprint density at radius 3 is 2.65 bits per heavy atom. The van der Waals surface area contributed by atoms with Crippen molar-refractivity contribution < 1.29 is 14.9 Å². The fourth-order valence-electron chi connectivity index (χ4n) is 1.90. The maximum absolute atomic E-state index is 9.72. The summed E-state index contributed by atoms with van der Waals surface area (Å²) in [6.07, 6.45) is -0.590. The highest BCUT2D eigenvalue weighted by atomic mass is 16.5. The quantitative estimate of drug-likeness (QED) is 0.850. The van der Waals surface area contributed by atoms with Crippen LogP contribution in [0.25, 0.3) is 10.8 Å². The van der Waals surface area contributed by atoms with Gasteiger partial charge < -0.3 is 14.9 Å². The minimum atomic E-state index is -0.590. The minimum absolute atomic E-state index is 0.0392. The van der Waals surface area contributed by atoms with Crippen molar-refractivity contribution in [3.63, 3.8) is 0 Å². The van der Waals surface area contributed by atoms with Gasteiger partial charge in [-0.3, -0.25) is 0 Å². The Morgan fingerprint density at radius 1 is 1.18 bits per heavy atom. The van der Waals surface area contributed by atoms with Gasteiger partial charge in [-0.05, 0) is 12.3 Å². The van der Waals surface area contributed by atoms with E-state index in [9.17, 15) is 5.11 Å². The van der Waals surface area contributed by atoms with Crippen molar-refractivity contribution in [1.29, 1.82) is 0 Å².